The molecule has 6 atom stereocenters. The van der Waals surface area contributed by atoms with Crippen molar-refractivity contribution in [3.63, 3.8) is 0 Å². The lowest BCUT2D eigenvalue weighted by Gasteiger charge is -2.41. The minimum atomic E-state index is -0.663. The Morgan fingerprint density at radius 2 is 1.84 bits per heavy atom. The fourth-order valence-electron chi connectivity index (χ4n) is 6.81. The Balaban J connectivity index is 1.77. The van der Waals surface area contributed by atoms with E-state index in [0.29, 0.717) is 32.5 Å². The minimum absolute atomic E-state index is 0.0238. The molecular formula is C30H41N3O4S. The number of rotatable bonds is 12. The second kappa shape index (κ2) is 11.7. The molecule has 4 rings (SSSR count). The molecule has 1 aromatic carbocycles. The van der Waals surface area contributed by atoms with Crippen molar-refractivity contribution in [2.45, 2.75) is 62.1 Å². The lowest BCUT2D eigenvalue weighted by Crippen LogP contribution is -2.58. The number of likely N-dealkylation sites (tertiary alicyclic amines) is 1. The van der Waals surface area contributed by atoms with Crippen LogP contribution in [0.1, 0.15) is 40.0 Å². The number of benzene rings is 1. The molecule has 7 nitrogen and oxygen atoms in total. The van der Waals surface area contributed by atoms with E-state index in [1.165, 1.54) is 0 Å². The third kappa shape index (κ3) is 4.60. The average molecular weight is 540 g/mol. The Labute approximate surface area is 230 Å². The Kier molecular flexibility index (Phi) is 8.72. The van der Waals surface area contributed by atoms with Crippen molar-refractivity contribution in [3.8, 4) is 0 Å². The predicted molar refractivity (Wildman–Crippen MR) is 153 cm³/mol. The van der Waals surface area contributed by atoms with Gasteiger partial charge in [0, 0.05) is 43.2 Å². The quantitative estimate of drug-likeness (QED) is 0.323. The number of para-hydroxylation sites is 1. The van der Waals surface area contributed by atoms with Gasteiger partial charge in [-0.3, -0.25) is 14.4 Å². The molecule has 3 fully saturated rings. The van der Waals surface area contributed by atoms with Crippen LogP contribution in [0.3, 0.4) is 0 Å². The molecule has 3 saturated heterocycles. The van der Waals surface area contributed by atoms with Crippen LogP contribution in [0.15, 0.2) is 55.6 Å². The van der Waals surface area contributed by atoms with Crippen LogP contribution in [0, 0.1) is 17.8 Å². The number of nitrogens with zero attached hydrogens (tertiary/aromatic N) is 3. The van der Waals surface area contributed by atoms with E-state index in [1.54, 1.807) is 38.6 Å². The van der Waals surface area contributed by atoms with Gasteiger partial charge in [-0.05, 0) is 51.2 Å². The molecule has 8 heteroatoms. The first kappa shape index (κ1) is 28.4. The van der Waals surface area contributed by atoms with Gasteiger partial charge in [-0.25, -0.2) is 0 Å². The highest BCUT2D eigenvalue weighted by molar-refractivity contribution is 8.02. The van der Waals surface area contributed by atoms with Crippen LogP contribution in [0.5, 0.6) is 0 Å². The molecule has 3 amide bonds. The number of carbonyl (C=O) groups excluding carboxylic acids is 3. The molecule has 2 bridgehead atoms. The lowest BCUT2D eigenvalue weighted by atomic mass is 9.65. The molecule has 3 aliphatic rings. The van der Waals surface area contributed by atoms with Gasteiger partial charge in [-0.15, -0.1) is 24.9 Å². The third-order valence-electron chi connectivity index (χ3n) is 8.45. The zero-order valence-electron chi connectivity index (χ0n) is 22.8. The number of aliphatic hydroxyl groups is 1. The first-order valence-corrected chi connectivity index (χ1v) is 14.6. The SMILES string of the molecule is C=CCN(C(=O)[C@@H]1[C@H]2C(=O)N(CCCCO)C(C(=O)N(CC=C)C(C)C)C23S[C@@H]1CC3C)c1ccccc1. The molecule has 3 heterocycles. The smallest absolute Gasteiger partial charge is 0.247 e. The molecule has 3 aliphatic heterocycles. The second-order valence-electron chi connectivity index (χ2n) is 11.0. The largest absolute Gasteiger partial charge is 0.396 e. The number of thioether (sulfide) groups is 1. The van der Waals surface area contributed by atoms with Crippen LogP contribution in [-0.4, -0.2) is 80.9 Å². The number of aliphatic hydroxyl groups excluding tert-OH is 1. The van der Waals surface area contributed by atoms with Crippen LogP contribution in [0.2, 0.25) is 0 Å². The number of hydrogen-bond acceptors (Lipinski definition) is 5. The van der Waals surface area contributed by atoms with E-state index in [2.05, 4.69) is 20.1 Å². The molecule has 206 valence electrons. The van der Waals surface area contributed by atoms with Crippen LogP contribution in [0.25, 0.3) is 0 Å². The van der Waals surface area contributed by atoms with Crippen LogP contribution in [0.4, 0.5) is 5.69 Å². The summed E-state index contributed by atoms with van der Waals surface area (Å²) in [5.74, 6) is -1.21. The predicted octanol–water partition coefficient (Wildman–Crippen LogP) is 3.74. The zero-order chi connectivity index (χ0) is 27.6. The number of carbonyl (C=O) groups is 3. The minimum Gasteiger partial charge on any atom is -0.396 e. The summed E-state index contributed by atoms with van der Waals surface area (Å²) in [5, 5.41) is 9.38. The van der Waals surface area contributed by atoms with Gasteiger partial charge in [0.15, 0.2) is 0 Å². The summed E-state index contributed by atoms with van der Waals surface area (Å²) in [6, 6.07) is 8.82. The van der Waals surface area contributed by atoms with E-state index in [-0.39, 0.29) is 41.5 Å². The van der Waals surface area contributed by atoms with Crippen LogP contribution < -0.4 is 4.90 Å². The normalized spacial score (nSPS) is 29.4. The summed E-state index contributed by atoms with van der Waals surface area (Å²) in [7, 11) is 0. The first-order valence-electron chi connectivity index (χ1n) is 13.7. The van der Waals surface area contributed by atoms with E-state index in [1.807, 2.05) is 44.2 Å². The van der Waals surface area contributed by atoms with E-state index >= 15 is 0 Å². The molecule has 0 saturated carbocycles. The number of unbranched alkanes of at least 4 members (excludes halogenated alkanes) is 1. The molecular weight excluding hydrogens is 498 g/mol. The zero-order valence-corrected chi connectivity index (χ0v) is 23.6. The first-order chi connectivity index (χ1) is 18.2. The molecule has 3 unspecified atom stereocenters. The maximum Gasteiger partial charge on any atom is 0.247 e. The average Bonchev–Trinajstić information content (AvgIpc) is 3.49. The highest BCUT2D eigenvalue weighted by Gasteiger charge is 2.76. The fourth-order valence-corrected chi connectivity index (χ4v) is 9.22. The Bertz CT molecular complexity index is 1060. The van der Waals surface area contributed by atoms with Crippen molar-refractivity contribution in [3.05, 3.63) is 55.6 Å². The summed E-state index contributed by atoms with van der Waals surface area (Å²) in [6.45, 7) is 15.0. The van der Waals surface area contributed by atoms with Crippen molar-refractivity contribution in [2.75, 3.05) is 31.1 Å². The third-order valence-corrected chi connectivity index (χ3v) is 10.5. The van der Waals surface area contributed by atoms with E-state index in [9.17, 15) is 19.5 Å². The molecule has 0 aromatic heterocycles. The Hall–Kier alpha value is -2.58. The summed E-state index contributed by atoms with van der Waals surface area (Å²) >= 11 is 1.70. The number of fused-ring (bicyclic) bond motifs is 1. The van der Waals surface area contributed by atoms with Gasteiger partial charge in [0.05, 0.1) is 16.6 Å². The van der Waals surface area contributed by atoms with Gasteiger partial charge < -0.3 is 19.8 Å². The van der Waals surface area contributed by atoms with E-state index in [0.717, 1.165) is 12.1 Å². The van der Waals surface area contributed by atoms with Crippen LogP contribution >= 0.6 is 11.8 Å². The van der Waals surface area contributed by atoms with E-state index in [4.69, 9.17) is 0 Å². The fraction of sp³-hybridized carbons (Fsp3) is 0.567. The molecule has 1 aromatic rings. The summed E-state index contributed by atoms with van der Waals surface area (Å²) in [6.07, 6.45) is 5.38. The molecule has 0 radical (unpaired) electrons. The van der Waals surface area contributed by atoms with Gasteiger partial charge in [0.2, 0.25) is 17.7 Å². The maximum atomic E-state index is 14.3. The number of amides is 3. The topological polar surface area (TPSA) is 81.2 Å². The van der Waals surface area contributed by atoms with Gasteiger partial charge in [-0.1, -0.05) is 37.3 Å². The van der Waals surface area contributed by atoms with Gasteiger partial charge in [0.25, 0.3) is 0 Å². The summed E-state index contributed by atoms with van der Waals surface area (Å²) in [5.41, 5.74) is 0.780. The number of hydrogen-bond donors (Lipinski definition) is 1. The van der Waals surface area contributed by atoms with Gasteiger partial charge in [-0.2, -0.15) is 0 Å². The standard InChI is InChI=1S/C30H41N3O4S/c1-6-15-31(20(3)4)29(37)26-30-21(5)19-23(38-30)24(25(30)28(36)33(26)17-11-12-18-34)27(35)32(16-7-2)22-13-9-8-10-14-22/h6-10,13-14,20-21,23-26,34H,1-2,11-12,15-19H2,3-5H3/t21?,23-,24+,25+,26?,30?/m1/s1. The van der Waals surface area contributed by atoms with E-state index < -0.39 is 22.6 Å². The van der Waals surface area contributed by atoms with Gasteiger partial charge in [0.1, 0.15) is 6.04 Å². The van der Waals surface area contributed by atoms with Crippen molar-refractivity contribution in [1.82, 2.24) is 9.80 Å². The van der Waals surface area contributed by atoms with Crippen molar-refractivity contribution in [1.29, 1.82) is 0 Å². The van der Waals surface area contributed by atoms with Crippen molar-refractivity contribution >= 4 is 35.2 Å². The molecule has 38 heavy (non-hydrogen) atoms. The lowest BCUT2D eigenvalue weighted by molar-refractivity contribution is -0.143. The molecule has 1 N–H and O–H groups in total. The monoisotopic (exact) mass is 539 g/mol. The highest BCUT2D eigenvalue weighted by Crippen LogP contribution is 2.69. The summed E-state index contributed by atoms with van der Waals surface area (Å²) in [4.78, 5) is 48.1. The highest BCUT2D eigenvalue weighted by atomic mass is 32.2. The number of anilines is 1. The maximum absolute atomic E-state index is 14.3. The second-order valence-corrected chi connectivity index (χ2v) is 12.5. The van der Waals surface area contributed by atoms with Gasteiger partial charge >= 0.3 is 0 Å². The van der Waals surface area contributed by atoms with Crippen molar-refractivity contribution < 1.29 is 19.5 Å². The van der Waals surface area contributed by atoms with Crippen molar-refractivity contribution in [2.24, 2.45) is 17.8 Å². The molecule has 0 aliphatic carbocycles. The Morgan fingerprint density at radius 3 is 2.45 bits per heavy atom. The Morgan fingerprint density at radius 1 is 1.16 bits per heavy atom. The molecule has 1 spiro atoms. The summed E-state index contributed by atoms with van der Waals surface area (Å²) < 4.78 is -0.663. The van der Waals surface area contributed by atoms with Crippen LogP contribution in [-0.2, 0) is 14.4 Å².